The molecule has 1 aliphatic heterocycles. The minimum Gasteiger partial charge on any atom is -0.394 e. The molecule has 0 amide bonds. The van der Waals surface area contributed by atoms with Gasteiger partial charge in [0, 0.05) is 0 Å². The van der Waals surface area contributed by atoms with E-state index in [2.05, 4.69) is 15.1 Å². The van der Waals surface area contributed by atoms with E-state index in [4.69, 9.17) is 15.6 Å². The number of ether oxygens (including phenoxy) is 1. The highest BCUT2D eigenvalue weighted by molar-refractivity contribution is 14.1. The van der Waals surface area contributed by atoms with Gasteiger partial charge in [0.15, 0.2) is 11.9 Å². The summed E-state index contributed by atoms with van der Waals surface area (Å²) in [6, 6.07) is 0. The van der Waals surface area contributed by atoms with Crippen LogP contribution in [-0.2, 0) is 4.74 Å². The molecule has 0 radical (unpaired) electrons. The summed E-state index contributed by atoms with van der Waals surface area (Å²) >= 11 is 1.98. The molecule has 0 aromatic carbocycles. The first-order chi connectivity index (χ1) is 9.54. The summed E-state index contributed by atoms with van der Waals surface area (Å²) in [6.45, 7) is -0.401. The van der Waals surface area contributed by atoms with Crippen LogP contribution in [0.15, 0.2) is 6.33 Å². The van der Waals surface area contributed by atoms with Crippen molar-refractivity contribution in [3.05, 3.63) is 10.0 Å². The van der Waals surface area contributed by atoms with E-state index in [1.807, 2.05) is 22.6 Å². The number of nitrogen functional groups attached to an aromatic ring is 1. The van der Waals surface area contributed by atoms with Crippen molar-refractivity contribution in [1.82, 2.24) is 19.7 Å². The average molecular weight is 393 g/mol. The van der Waals surface area contributed by atoms with Crippen LogP contribution >= 0.6 is 22.6 Å². The Hall–Kier alpha value is -1.08. The average Bonchev–Trinajstić information content (AvgIpc) is 2.90. The fourth-order valence-electron chi connectivity index (χ4n) is 2.21. The van der Waals surface area contributed by atoms with Gasteiger partial charge in [-0.25, -0.2) is 14.6 Å². The maximum Gasteiger partial charge on any atom is 0.181 e. The zero-order valence-corrected chi connectivity index (χ0v) is 12.2. The number of anilines is 1. The predicted octanol–water partition coefficient (Wildman–Crippen LogP) is -1.38. The molecule has 10 heteroatoms. The van der Waals surface area contributed by atoms with Crippen LogP contribution in [0.3, 0.4) is 0 Å². The van der Waals surface area contributed by atoms with Crippen LogP contribution in [-0.4, -0.2) is 60.0 Å². The monoisotopic (exact) mass is 393 g/mol. The number of fused-ring (bicyclic) bond motifs is 1. The lowest BCUT2D eigenvalue weighted by atomic mass is 10.1. The Balaban J connectivity index is 2.10. The molecule has 1 aliphatic rings. The third kappa shape index (κ3) is 1.95. The van der Waals surface area contributed by atoms with Gasteiger partial charge >= 0.3 is 0 Å². The summed E-state index contributed by atoms with van der Waals surface area (Å²) in [5.74, 6) is 0.275. The van der Waals surface area contributed by atoms with Gasteiger partial charge in [-0.05, 0) is 22.6 Å². The summed E-state index contributed by atoms with van der Waals surface area (Å²) in [5, 5.41) is 33.7. The normalized spacial score (nSPS) is 30.2. The third-order valence-electron chi connectivity index (χ3n) is 3.23. The number of hydrogen-bond acceptors (Lipinski definition) is 8. The molecule has 20 heavy (non-hydrogen) atoms. The van der Waals surface area contributed by atoms with Gasteiger partial charge in [-0.15, -0.1) is 0 Å². The van der Waals surface area contributed by atoms with E-state index < -0.39 is 31.1 Å². The maximum absolute atomic E-state index is 10.0. The molecule has 1 fully saturated rings. The molecule has 5 N–H and O–H groups in total. The van der Waals surface area contributed by atoms with Crippen molar-refractivity contribution >= 4 is 39.4 Å². The standard InChI is InChI=1S/C10H12IN5O4/c11-7-4-8(12)13-2-14-9(4)16(15-7)10-6(19)5(18)3(1-17)20-10/h2-3,5-6,10,17-19H,1H2,(H2,12,13,14)/t3-,5+,6+,10+/m0/s1. The quantitative estimate of drug-likeness (QED) is 0.458. The Labute approximate surface area is 126 Å². The third-order valence-corrected chi connectivity index (χ3v) is 3.99. The van der Waals surface area contributed by atoms with Crippen molar-refractivity contribution in [2.24, 2.45) is 0 Å². The Kier molecular flexibility index (Phi) is 3.50. The Morgan fingerprint density at radius 2 is 2.10 bits per heavy atom. The second-order valence-electron chi connectivity index (χ2n) is 4.42. The van der Waals surface area contributed by atoms with E-state index in [1.165, 1.54) is 11.0 Å². The van der Waals surface area contributed by atoms with Crippen LogP contribution in [0.5, 0.6) is 0 Å². The molecule has 4 atom stereocenters. The highest BCUT2D eigenvalue weighted by atomic mass is 127. The molecule has 3 rings (SSSR count). The van der Waals surface area contributed by atoms with Gasteiger partial charge in [-0.1, -0.05) is 0 Å². The number of nitrogens with two attached hydrogens (primary N) is 1. The van der Waals surface area contributed by atoms with Gasteiger partial charge in [-0.3, -0.25) is 0 Å². The molecular formula is C10H12IN5O4. The summed E-state index contributed by atoms with van der Waals surface area (Å²) in [7, 11) is 0. The molecule has 0 unspecified atom stereocenters. The minimum atomic E-state index is -1.22. The lowest BCUT2D eigenvalue weighted by Gasteiger charge is -2.15. The largest absolute Gasteiger partial charge is 0.394 e. The molecule has 2 aromatic rings. The van der Waals surface area contributed by atoms with Crippen LogP contribution in [0.1, 0.15) is 6.23 Å². The van der Waals surface area contributed by atoms with Gasteiger partial charge < -0.3 is 25.8 Å². The van der Waals surface area contributed by atoms with Crippen molar-refractivity contribution in [3.8, 4) is 0 Å². The number of nitrogens with zero attached hydrogens (tertiary/aromatic N) is 4. The summed E-state index contributed by atoms with van der Waals surface area (Å²) in [4.78, 5) is 7.98. The number of rotatable bonds is 2. The minimum absolute atomic E-state index is 0.275. The van der Waals surface area contributed by atoms with E-state index in [1.54, 1.807) is 0 Å². The fourth-order valence-corrected chi connectivity index (χ4v) is 2.96. The first-order valence-electron chi connectivity index (χ1n) is 5.81. The van der Waals surface area contributed by atoms with Crippen LogP contribution in [0, 0.1) is 3.70 Å². The van der Waals surface area contributed by atoms with Gasteiger partial charge in [0.05, 0.1) is 12.0 Å². The number of halogens is 1. The van der Waals surface area contributed by atoms with Crippen LogP contribution in [0.4, 0.5) is 5.82 Å². The molecule has 3 heterocycles. The van der Waals surface area contributed by atoms with Crippen molar-refractivity contribution in [2.75, 3.05) is 12.3 Å². The molecular weight excluding hydrogens is 381 g/mol. The summed E-state index contributed by atoms with van der Waals surface area (Å²) in [6.07, 6.45) is -2.94. The van der Waals surface area contributed by atoms with E-state index in [0.29, 0.717) is 14.7 Å². The van der Waals surface area contributed by atoms with Crippen molar-refractivity contribution in [1.29, 1.82) is 0 Å². The molecule has 0 aliphatic carbocycles. The topological polar surface area (TPSA) is 140 Å². The summed E-state index contributed by atoms with van der Waals surface area (Å²) in [5.41, 5.74) is 6.18. The molecule has 108 valence electrons. The second kappa shape index (κ2) is 5.04. The van der Waals surface area contributed by atoms with Crippen molar-refractivity contribution in [2.45, 2.75) is 24.5 Å². The zero-order chi connectivity index (χ0) is 14.4. The van der Waals surface area contributed by atoms with Gasteiger partial charge in [0.25, 0.3) is 0 Å². The van der Waals surface area contributed by atoms with Gasteiger partial charge in [-0.2, -0.15) is 5.10 Å². The van der Waals surface area contributed by atoms with Crippen LogP contribution in [0.2, 0.25) is 0 Å². The first-order valence-corrected chi connectivity index (χ1v) is 6.89. The lowest BCUT2D eigenvalue weighted by Crippen LogP contribution is -2.33. The molecule has 0 saturated carbocycles. The fraction of sp³-hybridized carbons (Fsp3) is 0.500. The van der Waals surface area contributed by atoms with E-state index in [-0.39, 0.29) is 5.82 Å². The molecule has 0 spiro atoms. The lowest BCUT2D eigenvalue weighted by molar-refractivity contribution is -0.0568. The number of aliphatic hydroxyl groups is 3. The van der Waals surface area contributed by atoms with E-state index in [9.17, 15) is 10.2 Å². The van der Waals surface area contributed by atoms with Crippen molar-refractivity contribution in [3.63, 3.8) is 0 Å². The van der Waals surface area contributed by atoms with Gasteiger partial charge in [0.1, 0.15) is 34.2 Å². The molecule has 0 bridgehead atoms. The van der Waals surface area contributed by atoms with E-state index in [0.717, 1.165) is 0 Å². The van der Waals surface area contributed by atoms with Gasteiger partial charge in [0.2, 0.25) is 0 Å². The Bertz CT molecular complexity index is 650. The Morgan fingerprint density at radius 3 is 2.75 bits per heavy atom. The summed E-state index contributed by atoms with van der Waals surface area (Å²) < 4.78 is 7.34. The van der Waals surface area contributed by atoms with E-state index >= 15 is 0 Å². The number of aliphatic hydroxyl groups excluding tert-OH is 3. The zero-order valence-electron chi connectivity index (χ0n) is 10.1. The molecule has 9 nitrogen and oxygen atoms in total. The number of aromatic nitrogens is 4. The smallest absolute Gasteiger partial charge is 0.181 e. The SMILES string of the molecule is Nc1ncnc2c1c(I)nn2[C@@H]1O[C@@H](CO)[C@@H](O)[C@H]1O. The van der Waals surface area contributed by atoms with Crippen LogP contribution in [0.25, 0.3) is 11.0 Å². The predicted molar refractivity (Wildman–Crippen MR) is 75.5 cm³/mol. The molecule has 1 saturated heterocycles. The highest BCUT2D eigenvalue weighted by Gasteiger charge is 2.44. The van der Waals surface area contributed by atoms with Crippen LogP contribution < -0.4 is 5.73 Å². The Morgan fingerprint density at radius 1 is 1.35 bits per heavy atom. The highest BCUT2D eigenvalue weighted by Crippen LogP contribution is 2.33. The van der Waals surface area contributed by atoms with Crippen molar-refractivity contribution < 1.29 is 20.1 Å². The number of hydrogen-bond donors (Lipinski definition) is 4. The first kappa shape index (κ1) is 13.9. The second-order valence-corrected chi connectivity index (χ2v) is 5.44. The maximum atomic E-state index is 10.0. The molecule has 2 aromatic heterocycles.